The molecule has 3 heteroatoms. The molecule has 1 aromatic rings. The molecule has 0 N–H and O–H groups in total. The minimum Gasteiger partial charge on any atom is -0.298 e. The number of carbonyl (C=O) groups excluding carboxylic acids is 1. The van der Waals surface area contributed by atoms with Gasteiger partial charge in [-0.1, -0.05) is 32.0 Å². The molecule has 0 aromatic heterocycles. The quantitative estimate of drug-likeness (QED) is 0.809. The van der Waals surface area contributed by atoms with Crippen LogP contribution in [0.25, 0.3) is 0 Å². The van der Waals surface area contributed by atoms with Crippen LogP contribution in [-0.2, 0) is 15.6 Å². The predicted octanol–water partition coefficient (Wildman–Crippen LogP) is 2.80. The topological polar surface area (TPSA) is 34.1 Å². The van der Waals surface area contributed by atoms with Crippen molar-refractivity contribution < 1.29 is 9.00 Å². The lowest BCUT2D eigenvalue weighted by Gasteiger charge is -2.30. The molecular formula is C14H18O2S. The molecule has 3 unspecified atom stereocenters. The van der Waals surface area contributed by atoms with Gasteiger partial charge in [0.15, 0.2) is 0 Å². The van der Waals surface area contributed by atoms with Crippen molar-refractivity contribution in [3.05, 3.63) is 30.3 Å². The van der Waals surface area contributed by atoms with Gasteiger partial charge in [-0.2, -0.15) is 0 Å². The Morgan fingerprint density at radius 1 is 1.18 bits per heavy atom. The smallest absolute Gasteiger partial charge is 0.149 e. The molecule has 0 spiro atoms. The molecule has 0 aliphatic heterocycles. The molecule has 92 valence electrons. The summed E-state index contributed by atoms with van der Waals surface area (Å²) in [5, 5.41) is -0.311. The molecule has 4 atom stereocenters. The molecule has 1 aliphatic carbocycles. The maximum atomic E-state index is 12.4. The molecule has 2 nitrogen and oxygen atoms in total. The second-order valence-corrected chi connectivity index (χ2v) is 6.59. The van der Waals surface area contributed by atoms with Crippen molar-refractivity contribution in [2.75, 3.05) is 0 Å². The summed E-state index contributed by atoms with van der Waals surface area (Å²) in [6.07, 6.45) is 1.57. The molecular weight excluding hydrogens is 232 g/mol. The summed E-state index contributed by atoms with van der Waals surface area (Å²) in [5.74, 6) is 0.812. The van der Waals surface area contributed by atoms with Gasteiger partial charge in [-0.05, 0) is 30.4 Å². The van der Waals surface area contributed by atoms with Crippen LogP contribution < -0.4 is 0 Å². The van der Waals surface area contributed by atoms with Crippen LogP contribution in [0.2, 0.25) is 0 Å². The molecule has 1 aliphatic rings. The van der Waals surface area contributed by atoms with Gasteiger partial charge in [0, 0.05) is 11.3 Å². The van der Waals surface area contributed by atoms with Gasteiger partial charge in [0.1, 0.15) is 11.0 Å². The van der Waals surface area contributed by atoms with Crippen LogP contribution in [0.3, 0.4) is 0 Å². The minimum absolute atomic E-state index is 0.165. The number of carbonyl (C=O) groups is 1. The Morgan fingerprint density at radius 3 is 2.41 bits per heavy atom. The lowest BCUT2D eigenvalue weighted by atomic mass is 9.82. The van der Waals surface area contributed by atoms with Crippen molar-refractivity contribution in [3.8, 4) is 0 Å². The number of ketones is 1. The molecule has 0 bridgehead atoms. The van der Waals surface area contributed by atoms with Crippen molar-refractivity contribution in [1.29, 1.82) is 0 Å². The van der Waals surface area contributed by atoms with Gasteiger partial charge < -0.3 is 0 Å². The van der Waals surface area contributed by atoms with Crippen LogP contribution >= 0.6 is 0 Å². The lowest BCUT2D eigenvalue weighted by Crippen LogP contribution is -2.38. The number of benzene rings is 1. The van der Waals surface area contributed by atoms with Crippen LogP contribution in [0.15, 0.2) is 35.2 Å². The molecule has 0 radical (unpaired) electrons. The van der Waals surface area contributed by atoms with Crippen molar-refractivity contribution in [3.63, 3.8) is 0 Å². The predicted molar refractivity (Wildman–Crippen MR) is 69.2 cm³/mol. The Kier molecular flexibility index (Phi) is 3.77. The highest BCUT2D eigenvalue weighted by Gasteiger charge is 2.36. The minimum atomic E-state index is -1.19. The summed E-state index contributed by atoms with van der Waals surface area (Å²) in [6.45, 7) is 4.13. The number of hydrogen-bond acceptors (Lipinski definition) is 2. The third-order valence-corrected chi connectivity index (χ3v) is 5.29. The summed E-state index contributed by atoms with van der Waals surface area (Å²) in [7, 11) is -1.19. The SMILES string of the molecule is CC1C[C@@H](C)CC(=O)C1S(=O)c1ccccc1. The summed E-state index contributed by atoms with van der Waals surface area (Å²) in [4.78, 5) is 12.8. The normalized spacial score (nSPS) is 31.2. The second-order valence-electron chi connectivity index (χ2n) is 5.02. The molecule has 17 heavy (non-hydrogen) atoms. The summed E-state index contributed by atoms with van der Waals surface area (Å²) in [6, 6.07) is 9.32. The first-order valence-electron chi connectivity index (χ1n) is 6.08. The molecule has 0 amide bonds. The summed E-state index contributed by atoms with van der Waals surface area (Å²) in [5.41, 5.74) is 0. The average molecular weight is 250 g/mol. The number of hydrogen-bond donors (Lipinski definition) is 0. The van der Waals surface area contributed by atoms with Crippen LogP contribution in [0.5, 0.6) is 0 Å². The van der Waals surface area contributed by atoms with Crippen molar-refractivity contribution >= 4 is 16.6 Å². The van der Waals surface area contributed by atoms with Gasteiger partial charge in [-0.25, -0.2) is 0 Å². The Hall–Kier alpha value is -0.960. The zero-order valence-electron chi connectivity index (χ0n) is 10.3. The van der Waals surface area contributed by atoms with Crippen molar-refractivity contribution in [2.45, 2.75) is 36.8 Å². The third-order valence-electron chi connectivity index (χ3n) is 3.36. The Bertz CT molecular complexity index is 427. The maximum absolute atomic E-state index is 12.4. The van der Waals surface area contributed by atoms with E-state index < -0.39 is 10.8 Å². The zero-order valence-corrected chi connectivity index (χ0v) is 11.1. The van der Waals surface area contributed by atoms with Gasteiger partial charge in [0.2, 0.25) is 0 Å². The van der Waals surface area contributed by atoms with E-state index in [1.807, 2.05) is 37.3 Å². The van der Waals surface area contributed by atoms with Crippen LogP contribution in [-0.4, -0.2) is 15.2 Å². The third kappa shape index (κ3) is 2.65. The molecule has 1 aromatic carbocycles. The number of rotatable bonds is 2. The molecule has 0 saturated heterocycles. The van der Waals surface area contributed by atoms with E-state index in [1.165, 1.54) is 0 Å². The highest BCUT2D eigenvalue weighted by Crippen LogP contribution is 2.31. The fourth-order valence-corrected chi connectivity index (χ4v) is 4.24. The standard InChI is InChI=1S/C14H18O2S/c1-10-8-11(2)14(13(15)9-10)17(16)12-6-4-3-5-7-12/h3-7,10-11,14H,8-9H2,1-2H3/t10-,11?,14?,17?/m1/s1. The highest BCUT2D eigenvalue weighted by molar-refractivity contribution is 7.86. The van der Waals surface area contributed by atoms with Gasteiger partial charge in [0.05, 0.1) is 10.8 Å². The Labute approximate surface area is 105 Å². The molecule has 2 rings (SSSR count). The van der Waals surface area contributed by atoms with Crippen molar-refractivity contribution in [2.24, 2.45) is 11.8 Å². The van der Waals surface area contributed by atoms with Gasteiger partial charge in [0.25, 0.3) is 0 Å². The fraction of sp³-hybridized carbons (Fsp3) is 0.500. The maximum Gasteiger partial charge on any atom is 0.149 e. The Balaban J connectivity index is 2.22. The summed E-state index contributed by atoms with van der Waals surface area (Å²) >= 11 is 0. The monoisotopic (exact) mass is 250 g/mol. The van der Waals surface area contributed by atoms with E-state index in [4.69, 9.17) is 0 Å². The van der Waals surface area contributed by atoms with E-state index in [0.717, 1.165) is 11.3 Å². The first kappa shape index (κ1) is 12.5. The van der Waals surface area contributed by atoms with Crippen molar-refractivity contribution in [1.82, 2.24) is 0 Å². The zero-order chi connectivity index (χ0) is 12.4. The summed E-state index contributed by atoms with van der Waals surface area (Å²) < 4.78 is 12.4. The highest BCUT2D eigenvalue weighted by atomic mass is 32.2. The van der Waals surface area contributed by atoms with Crippen LogP contribution in [0, 0.1) is 11.8 Å². The second kappa shape index (κ2) is 5.13. The molecule has 1 saturated carbocycles. The van der Waals surface area contributed by atoms with Gasteiger partial charge >= 0.3 is 0 Å². The van der Waals surface area contributed by atoms with E-state index in [0.29, 0.717) is 12.3 Å². The first-order chi connectivity index (χ1) is 8.09. The van der Waals surface area contributed by atoms with Gasteiger partial charge in [-0.3, -0.25) is 9.00 Å². The van der Waals surface area contributed by atoms with Crippen LogP contribution in [0.1, 0.15) is 26.7 Å². The average Bonchev–Trinajstić information content (AvgIpc) is 2.28. The van der Waals surface area contributed by atoms with E-state index in [9.17, 15) is 9.00 Å². The Morgan fingerprint density at radius 2 is 1.82 bits per heavy atom. The lowest BCUT2D eigenvalue weighted by molar-refractivity contribution is -0.121. The molecule has 0 heterocycles. The van der Waals surface area contributed by atoms with E-state index >= 15 is 0 Å². The van der Waals surface area contributed by atoms with E-state index in [2.05, 4.69) is 6.92 Å². The first-order valence-corrected chi connectivity index (χ1v) is 7.29. The number of Topliss-reactive ketones (excluding diaryl/α,β-unsaturated/α-hetero) is 1. The molecule has 1 fully saturated rings. The fourth-order valence-electron chi connectivity index (χ4n) is 2.65. The largest absolute Gasteiger partial charge is 0.298 e. The van der Waals surface area contributed by atoms with E-state index in [1.54, 1.807) is 0 Å². The van der Waals surface area contributed by atoms with Gasteiger partial charge in [-0.15, -0.1) is 0 Å². The van der Waals surface area contributed by atoms with E-state index in [-0.39, 0.29) is 17.0 Å². The van der Waals surface area contributed by atoms with Crippen LogP contribution in [0.4, 0.5) is 0 Å².